The Balaban J connectivity index is 1.80. The zero-order valence-corrected chi connectivity index (χ0v) is 14.6. The molecule has 0 radical (unpaired) electrons. The Kier molecular flexibility index (Phi) is 4.34. The molecule has 1 aliphatic carbocycles. The van der Waals surface area contributed by atoms with Gasteiger partial charge in [0.2, 0.25) is 0 Å². The number of anilines is 1. The predicted octanol–water partition coefficient (Wildman–Crippen LogP) is 2.94. The second-order valence-corrected chi connectivity index (χ2v) is 7.38. The highest BCUT2D eigenvalue weighted by Crippen LogP contribution is 2.35. The van der Waals surface area contributed by atoms with Gasteiger partial charge in [-0.1, -0.05) is 19.1 Å². The summed E-state index contributed by atoms with van der Waals surface area (Å²) in [6.45, 7) is 3.91. The van der Waals surface area contributed by atoms with Crippen LogP contribution in [-0.4, -0.2) is 39.4 Å². The average Bonchev–Trinajstić information content (AvgIpc) is 2.61. The van der Waals surface area contributed by atoms with Crippen LogP contribution >= 0.6 is 0 Å². The molecule has 132 valence electrons. The van der Waals surface area contributed by atoms with E-state index in [0.29, 0.717) is 17.3 Å². The average molecular weight is 339 g/mol. The zero-order valence-electron chi connectivity index (χ0n) is 14.6. The van der Waals surface area contributed by atoms with Crippen LogP contribution in [0.4, 0.5) is 5.82 Å². The molecule has 0 bridgehead atoms. The summed E-state index contributed by atoms with van der Waals surface area (Å²) >= 11 is 0. The lowest BCUT2D eigenvalue weighted by atomic mass is 9.88. The van der Waals surface area contributed by atoms with Crippen LogP contribution in [0, 0.1) is 5.92 Å². The SMILES string of the molecule is CC1CCc2c(nc(-c3ccccc3O)nc2N2CCC(O)CC2)C1. The molecule has 2 N–H and O–H groups in total. The molecule has 4 rings (SSSR count). The first-order valence-corrected chi connectivity index (χ1v) is 9.23. The summed E-state index contributed by atoms with van der Waals surface area (Å²) in [7, 11) is 0. The molecule has 25 heavy (non-hydrogen) atoms. The van der Waals surface area contributed by atoms with Crippen molar-refractivity contribution in [3.63, 3.8) is 0 Å². The molecule has 1 atom stereocenters. The van der Waals surface area contributed by atoms with E-state index in [-0.39, 0.29) is 11.9 Å². The number of phenolic OH excluding ortho intramolecular Hbond substituents is 1. The van der Waals surface area contributed by atoms with Gasteiger partial charge in [-0.15, -0.1) is 0 Å². The number of fused-ring (bicyclic) bond motifs is 1. The number of aromatic nitrogens is 2. The molecule has 0 amide bonds. The largest absolute Gasteiger partial charge is 0.507 e. The third-order valence-electron chi connectivity index (χ3n) is 5.41. The van der Waals surface area contributed by atoms with Gasteiger partial charge in [-0.05, 0) is 50.2 Å². The van der Waals surface area contributed by atoms with E-state index in [1.54, 1.807) is 6.07 Å². The van der Waals surface area contributed by atoms with Crippen molar-refractivity contribution < 1.29 is 10.2 Å². The van der Waals surface area contributed by atoms with Gasteiger partial charge in [-0.3, -0.25) is 0 Å². The number of piperidine rings is 1. The first kappa shape index (κ1) is 16.3. The maximum absolute atomic E-state index is 10.2. The molecule has 2 aromatic rings. The Morgan fingerprint density at radius 2 is 1.84 bits per heavy atom. The van der Waals surface area contributed by atoms with Crippen molar-refractivity contribution in [3.05, 3.63) is 35.5 Å². The third kappa shape index (κ3) is 3.21. The summed E-state index contributed by atoms with van der Waals surface area (Å²) < 4.78 is 0. The Morgan fingerprint density at radius 1 is 1.08 bits per heavy atom. The maximum atomic E-state index is 10.2. The van der Waals surface area contributed by atoms with Crippen molar-refractivity contribution in [3.8, 4) is 17.1 Å². The number of aliphatic hydroxyl groups excluding tert-OH is 1. The Bertz CT molecular complexity index is 770. The lowest BCUT2D eigenvalue weighted by Gasteiger charge is -2.34. The molecular weight excluding hydrogens is 314 g/mol. The summed E-state index contributed by atoms with van der Waals surface area (Å²) in [5.74, 6) is 2.44. The Labute approximate surface area is 148 Å². The van der Waals surface area contributed by atoms with Gasteiger partial charge in [-0.25, -0.2) is 9.97 Å². The van der Waals surface area contributed by atoms with Gasteiger partial charge >= 0.3 is 0 Å². The molecule has 1 aromatic carbocycles. The van der Waals surface area contributed by atoms with E-state index in [4.69, 9.17) is 9.97 Å². The van der Waals surface area contributed by atoms with Gasteiger partial charge in [0.25, 0.3) is 0 Å². The molecule has 5 nitrogen and oxygen atoms in total. The number of aromatic hydroxyl groups is 1. The maximum Gasteiger partial charge on any atom is 0.165 e. The highest BCUT2D eigenvalue weighted by atomic mass is 16.3. The number of hydrogen-bond donors (Lipinski definition) is 2. The Morgan fingerprint density at radius 3 is 2.60 bits per heavy atom. The summed E-state index contributed by atoms with van der Waals surface area (Å²) in [5, 5.41) is 20.1. The molecule has 0 saturated carbocycles. The van der Waals surface area contributed by atoms with Gasteiger partial charge in [0.15, 0.2) is 5.82 Å². The molecule has 2 heterocycles. The summed E-state index contributed by atoms with van der Waals surface area (Å²) in [6, 6.07) is 7.26. The summed E-state index contributed by atoms with van der Waals surface area (Å²) in [4.78, 5) is 12.0. The zero-order chi connectivity index (χ0) is 17.4. The smallest absolute Gasteiger partial charge is 0.165 e. The number of aliphatic hydroxyl groups is 1. The number of para-hydroxylation sites is 1. The van der Waals surface area contributed by atoms with Crippen LogP contribution in [0.25, 0.3) is 11.4 Å². The van der Waals surface area contributed by atoms with Crippen molar-refractivity contribution in [1.82, 2.24) is 9.97 Å². The van der Waals surface area contributed by atoms with E-state index in [9.17, 15) is 10.2 Å². The number of benzene rings is 1. The molecule has 1 saturated heterocycles. The molecule has 5 heteroatoms. The highest BCUT2D eigenvalue weighted by molar-refractivity contribution is 5.66. The van der Waals surface area contributed by atoms with Crippen LogP contribution in [-0.2, 0) is 12.8 Å². The van der Waals surface area contributed by atoms with E-state index in [0.717, 1.165) is 56.7 Å². The monoisotopic (exact) mass is 339 g/mol. The van der Waals surface area contributed by atoms with E-state index in [1.165, 1.54) is 5.56 Å². The lowest BCUT2D eigenvalue weighted by Crippen LogP contribution is -2.37. The topological polar surface area (TPSA) is 69.5 Å². The minimum absolute atomic E-state index is 0.202. The Hall–Kier alpha value is -2.14. The fourth-order valence-electron chi connectivity index (χ4n) is 3.89. The van der Waals surface area contributed by atoms with Crippen LogP contribution in [0.3, 0.4) is 0 Å². The fraction of sp³-hybridized carbons (Fsp3) is 0.500. The second kappa shape index (κ2) is 6.64. The minimum atomic E-state index is -0.202. The lowest BCUT2D eigenvalue weighted by molar-refractivity contribution is 0.145. The third-order valence-corrected chi connectivity index (χ3v) is 5.41. The summed E-state index contributed by atoms with van der Waals surface area (Å²) in [6.07, 6.45) is 4.48. The van der Waals surface area contributed by atoms with E-state index < -0.39 is 0 Å². The van der Waals surface area contributed by atoms with Crippen LogP contribution in [0.2, 0.25) is 0 Å². The normalized spacial score (nSPS) is 21.2. The van der Waals surface area contributed by atoms with E-state index in [1.807, 2.05) is 18.2 Å². The van der Waals surface area contributed by atoms with Crippen molar-refractivity contribution in [2.75, 3.05) is 18.0 Å². The van der Waals surface area contributed by atoms with Crippen LogP contribution in [0.5, 0.6) is 5.75 Å². The first-order valence-electron chi connectivity index (χ1n) is 9.23. The number of nitrogens with zero attached hydrogens (tertiary/aromatic N) is 3. The fourth-order valence-corrected chi connectivity index (χ4v) is 3.89. The summed E-state index contributed by atoms with van der Waals surface area (Å²) in [5.41, 5.74) is 3.06. The van der Waals surface area contributed by atoms with Gasteiger partial charge < -0.3 is 15.1 Å². The van der Waals surface area contributed by atoms with Crippen molar-refractivity contribution in [2.24, 2.45) is 5.92 Å². The molecule has 2 aliphatic rings. The molecule has 1 unspecified atom stereocenters. The van der Waals surface area contributed by atoms with Crippen molar-refractivity contribution in [2.45, 2.75) is 45.1 Å². The van der Waals surface area contributed by atoms with Crippen LogP contribution in [0.15, 0.2) is 24.3 Å². The van der Waals surface area contributed by atoms with Crippen molar-refractivity contribution >= 4 is 5.82 Å². The van der Waals surface area contributed by atoms with Crippen LogP contribution in [0.1, 0.15) is 37.4 Å². The van der Waals surface area contributed by atoms with Gasteiger partial charge in [0.1, 0.15) is 11.6 Å². The van der Waals surface area contributed by atoms with E-state index in [2.05, 4.69) is 11.8 Å². The highest BCUT2D eigenvalue weighted by Gasteiger charge is 2.27. The molecule has 1 aromatic heterocycles. The van der Waals surface area contributed by atoms with Gasteiger partial charge in [0, 0.05) is 18.7 Å². The first-order chi connectivity index (χ1) is 12.1. The standard InChI is InChI=1S/C20H25N3O2/c1-13-6-7-15-17(12-13)21-19(16-4-2-3-5-18(16)25)22-20(15)23-10-8-14(24)9-11-23/h2-5,13-14,24-25H,6-12H2,1H3. The number of rotatable bonds is 2. The molecule has 0 spiro atoms. The van der Waals surface area contributed by atoms with Crippen molar-refractivity contribution in [1.29, 1.82) is 0 Å². The quantitative estimate of drug-likeness (QED) is 0.880. The van der Waals surface area contributed by atoms with Crippen LogP contribution < -0.4 is 4.90 Å². The predicted molar refractivity (Wildman–Crippen MR) is 97.8 cm³/mol. The van der Waals surface area contributed by atoms with E-state index >= 15 is 0 Å². The minimum Gasteiger partial charge on any atom is -0.507 e. The second-order valence-electron chi connectivity index (χ2n) is 7.38. The molecule has 1 aliphatic heterocycles. The molecular formula is C20H25N3O2. The van der Waals surface area contributed by atoms with Gasteiger partial charge in [0.05, 0.1) is 17.4 Å². The number of hydrogen-bond acceptors (Lipinski definition) is 5. The van der Waals surface area contributed by atoms with Gasteiger partial charge in [-0.2, -0.15) is 0 Å². The molecule has 1 fully saturated rings. The number of phenols is 1.